The fourth-order valence-electron chi connectivity index (χ4n) is 4.37. The zero-order chi connectivity index (χ0) is 16.0. The van der Waals surface area contributed by atoms with Gasteiger partial charge in [-0.05, 0) is 43.2 Å². The van der Waals surface area contributed by atoms with E-state index in [2.05, 4.69) is 5.32 Å². The lowest BCUT2D eigenvalue weighted by Crippen LogP contribution is -2.37. The van der Waals surface area contributed by atoms with Gasteiger partial charge in [0, 0.05) is 11.8 Å². The number of rotatable bonds is 3. The van der Waals surface area contributed by atoms with Crippen LogP contribution in [-0.4, -0.2) is 30.2 Å². The zero-order valence-corrected chi connectivity index (χ0v) is 12.7. The number of anilines is 1. The Morgan fingerprint density at radius 3 is 2.48 bits per heavy atom. The van der Waals surface area contributed by atoms with Crippen molar-refractivity contribution in [3.63, 3.8) is 0 Å². The van der Waals surface area contributed by atoms with Gasteiger partial charge in [0.25, 0.3) is 0 Å². The summed E-state index contributed by atoms with van der Waals surface area (Å²) in [6, 6.07) is 5.25. The highest BCUT2D eigenvalue weighted by Gasteiger charge is 2.53. The van der Waals surface area contributed by atoms with E-state index in [0.717, 1.165) is 19.3 Å². The van der Waals surface area contributed by atoms with Gasteiger partial charge >= 0.3 is 5.97 Å². The van der Waals surface area contributed by atoms with Gasteiger partial charge in [-0.3, -0.25) is 9.59 Å². The first-order chi connectivity index (χ1) is 11.1. The number of nitrogens with one attached hydrogen (secondary N) is 1. The molecule has 0 spiro atoms. The molecule has 6 heteroatoms. The molecule has 0 aromatic heterocycles. The predicted octanol–water partition coefficient (Wildman–Crippen LogP) is 2.14. The van der Waals surface area contributed by atoms with Crippen LogP contribution in [0.2, 0.25) is 0 Å². The van der Waals surface area contributed by atoms with E-state index in [4.69, 9.17) is 9.47 Å². The summed E-state index contributed by atoms with van der Waals surface area (Å²) >= 11 is 0. The van der Waals surface area contributed by atoms with Crippen LogP contribution in [-0.2, 0) is 9.59 Å². The smallest absolute Gasteiger partial charge is 0.307 e. The number of hydrogen-bond acceptors (Lipinski definition) is 4. The van der Waals surface area contributed by atoms with E-state index in [9.17, 15) is 14.7 Å². The molecule has 2 aliphatic carbocycles. The Balaban J connectivity index is 1.52. The van der Waals surface area contributed by atoms with Crippen LogP contribution in [0, 0.1) is 23.7 Å². The van der Waals surface area contributed by atoms with Crippen LogP contribution in [0.3, 0.4) is 0 Å². The molecule has 1 aromatic carbocycles. The molecule has 0 saturated heterocycles. The van der Waals surface area contributed by atoms with Crippen LogP contribution in [0.4, 0.5) is 5.69 Å². The largest absolute Gasteiger partial charge is 0.486 e. The summed E-state index contributed by atoms with van der Waals surface area (Å²) in [4.78, 5) is 24.2. The molecule has 122 valence electrons. The minimum atomic E-state index is -0.848. The third kappa shape index (κ3) is 2.42. The molecule has 2 bridgehead atoms. The maximum absolute atomic E-state index is 12.6. The summed E-state index contributed by atoms with van der Waals surface area (Å²) in [6.07, 6.45) is 2.74. The first-order valence-electron chi connectivity index (χ1n) is 8.07. The second-order valence-corrected chi connectivity index (χ2v) is 6.57. The molecular formula is C17H19NO5. The number of fused-ring (bicyclic) bond motifs is 3. The molecule has 3 aliphatic rings. The zero-order valence-electron chi connectivity index (χ0n) is 12.7. The Hall–Kier alpha value is -2.24. The number of amides is 1. The number of carbonyl (C=O) groups excluding carboxylic acids is 1. The lowest BCUT2D eigenvalue weighted by molar-refractivity contribution is -0.148. The van der Waals surface area contributed by atoms with E-state index in [0.29, 0.717) is 30.4 Å². The summed E-state index contributed by atoms with van der Waals surface area (Å²) in [5.41, 5.74) is 0.617. The van der Waals surface area contributed by atoms with Crippen molar-refractivity contribution in [3.05, 3.63) is 18.2 Å². The minimum absolute atomic E-state index is 0.147. The van der Waals surface area contributed by atoms with E-state index in [-0.39, 0.29) is 17.7 Å². The molecule has 2 saturated carbocycles. The third-order valence-electron chi connectivity index (χ3n) is 5.31. The predicted molar refractivity (Wildman–Crippen MR) is 81.5 cm³/mol. The average Bonchev–Trinajstić information content (AvgIpc) is 3.15. The van der Waals surface area contributed by atoms with Gasteiger partial charge in [-0.1, -0.05) is 0 Å². The maximum atomic E-state index is 12.6. The Kier molecular flexibility index (Phi) is 3.39. The van der Waals surface area contributed by atoms with Crippen molar-refractivity contribution in [3.8, 4) is 11.5 Å². The molecule has 1 aromatic rings. The van der Waals surface area contributed by atoms with Crippen LogP contribution >= 0.6 is 0 Å². The van der Waals surface area contributed by atoms with E-state index in [1.807, 2.05) is 0 Å². The molecule has 6 nitrogen and oxygen atoms in total. The maximum Gasteiger partial charge on any atom is 0.307 e. The minimum Gasteiger partial charge on any atom is -0.486 e. The summed E-state index contributed by atoms with van der Waals surface area (Å²) in [6.45, 7) is 1.00. The fourth-order valence-corrected chi connectivity index (χ4v) is 4.37. The lowest BCUT2D eigenvalue weighted by Gasteiger charge is -2.27. The van der Waals surface area contributed by atoms with Crippen LogP contribution in [0.25, 0.3) is 0 Å². The molecule has 0 radical (unpaired) electrons. The molecule has 23 heavy (non-hydrogen) atoms. The van der Waals surface area contributed by atoms with Crippen LogP contribution in [0.15, 0.2) is 18.2 Å². The highest BCUT2D eigenvalue weighted by molar-refractivity contribution is 5.96. The lowest BCUT2D eigenvalue weighted by atomic mass is 9.78. The summed E-state index contributed by atoms with van der Waals surface area (Å²) in [7, 11) is 0. The van der Waals surface area contributed by atoms with Gasteiger partial charge in [0.05, 0.1) is 11.8 Å². The third-order valence-corrected chi connectivity index (χ3v) is 5.31. The number of ether oxygens (including phenoxy) is 2. The van der Waals surface area contributed by atoms with Crippen molar-refractivity contribution >= 4 is 17.6 Å². The van der Waals surface area contributed by atoms with Crippen molar-refractivity contribution in [2.45, 2.75) is 19.3 Å². The van der Waals surface area contributed by atoms with E-state index < -0.39 is 17.8 Å². The standard InChI is InChI=1S/C17H19NO5/c19-16(14-9-1-2-10(7-9)15(14)17(20)21)18-11-3-4-12-13(8-11)23-6-5-22-12/h3-4,8-10,14-15H,1-2,5-7H2,(H,18,19)(H,20,21)/t9-,10-,14-,15+/m0/s1. The van der Waals surface area contributed by atoms with Gasteiger partial charge in [-0.25, -0.2) is 0 Å². The van der Waals surface area contributed by atoms with Gasteiger partial charge in [0.15, 0.2) is 11.5 Å². The average molecular weight is 317 g/mol. The van der Waals surface area contributed by atoms with Crippen molar-refractivity contribution < 1.29 is 24.2 Å². The summed E-state index contributed by atoms with van der Waals surface area (Å²) in [5.74, 6) is -0.410. The Morgan fingerprint density at radius 2 is 1.74 bits per heavy atom. The van der Waals surface area contributed by atoms with Crippen molar-refractivity contribution in [2.75, 3.05) is 18.5 Å². The Bertz CT molecular complexity index is 658. The topological polar surface area (TPSA) is 84.9 Å². The molecule has 2 N–H and O–H groups in total. The molecule has 0 unspecified atom stereocenters. The monoisotopic (exact) mass is 317 g/mol. The van der Waals surface area contributed by atoms with E-state index >= 15 is 0 Å². The second kappa shape index (κ2) is 5.44. The van der Waals surface area contributed by atoms with Crippen LogP contribution in [0.5, 0.6) is 11.5 Å². The Labute approximate surface area is 133 Å². The molecule has 4 atom stereocenters. The summed E-state index contributed by atoms with van der Waals surface area (Å²) < 4.78 is 11.0. The first-order valence-corrected chi connectivity index (χ1v) is 8.07. The summed E-state index contributed by atoms with van der Waals surface area (Å²) in [5, 5.41) is 12.3. The van der Waals surface area contributed by atoms with Crippen molar-refractivity contribution in [2.24, 2.45) is 23.7 Å². The number of benzene rings is 1. The number of carboxylic acid groups (broad SMARTS) is 1. The van der Waals surface area contributed by atoms with E-state index in [1.165, 1.54) is 0 Å². The SMILES string of the molecule is O=C(O)[C@@H]1[C@H]2CC[C@@H](C2)[C@@H]1C(=O)Nc1ccc2c(c1)OCCO2. The molecule has 1 amide bonds. The number of carboxylic acids is 1. The molecular weight excluding hydrogens is 298 g/mol. The van der Waals surface area contributed by atoms with E-state index in [1.54, 1.807) is 18.2 Å². The normalized spacial score (nSPS) is 31.0. The highest BCUT2D eigenvalue weighted by Crippen LogP contribution is 2.52. The van der Waals surface area contributed by atoms with Crippen molar-refractivity contribution in [1.82, 2.24) is 0 Å². The van der Waals surface area contributed by atoms with Crippen molar-refractivity contribution in [1.29, 1.82) is 0 Å². The molecule has 1 aliphatic heterocycles. The molecule has 1 heterocycles. The van der Waals surface area contributed by atoms with Crippen LogP contribution < -0.4 is 14.8 Å². The van der Waals surface area contributed by atoms with Gasteiger partial charge in [-0.15, -0.1) is 0 Å². The van der Waals surface area contributed by atoms with Crippen LogP contribution in [0.1, 0.15) is 19.3 Å². The van der Waals surface area contributed by atoms with Gasteiger partial charge in [0.2, 0.25) is 5.91 Å². The number of carbonyl (C=O) groups is 2. The van der Waals surface area contributed by atoms with Gasteiger partial charge < -0.3 is 19.9 Å². The number of hydrogen-bond donors (Lipinski definition) is 2. The molecule has 2 fully saturated rings. The van der Waals surface area contributed by atoms with Gasteiger partial charge in [-0.2, -0.15) is 0 Å². The fraction of sp³-hybridized carbons (Fsp3) is 0.529. The first kappa shape index (κ1) is 14.4. The second-order valence-electron chi connectivity index (χ2n) is 6.57. The quantitative estimate of drug-likeness (QED) is 0.892. The Morgan fingerprint density at radius 1 is 1.04 bits per heavy atom. The number of aliphatic carboxylic acids is 1. The highest BCUT2D eigenvalue weighted by atomic mass is 16.6. The van der Waals surface area contributed by atoms with Gasteiger partial charge in [0.1, 0.15) is 13.2 Å². The molecule has 4 rings (SSSR count).